The number of halogens is 2. The highest BCUT2D eigenvalue weighted by Gasteiger charge is 2.08. The molecule has 0 aliphatic rings. The molecule has 1 heterocycles. The number of carbonyl (C=O) groups is 1. The van der Waals surface area contributed by atoms with E-state index >= 15 is 0 Å². The Balaban J connectivity index is 2.87. The molecule has 0 aromatic carbocycles. The average molecular weight is 265 g/mol. The van der Waals surface area contributed by atoms with E-state index in [0.717, 1.165) is 4.47 Å². The minimum absolute atomic E-state index is 0.123. The Morgan fingerprint density at radius 1 is 1.69 bits per heavy atom. The fourth-order valence-corrected chi connectivity index (χ4v) is 1.32. The molecule has 0 aliphatic heterocycles. The number of rotatable bonds is 2. The molecule has 0 saturated heterocycles. The molecule has 70 valence electrons. The maximum atomic E-state index is 10.9. The van der Waals surface area contributed by atoms with Crippen LogP contribution < -0.4 is 0 Å². The summed E-state index contributed by atoms with van der Waals surface area (Å²) in [5.74, 6) is -0.338. The highest BCUT2D eigenvalue weighted by molar-refractivity contribution is 9.10. The zero-order chi connectivity index (χ0) is 9.84. The van der Waals surface area contributed by atoms with Gasteiger partial charge >= 0.3 is 5.97 Å². The quantitative estimate of drug-likeness (QED) is 0.607. The van der Waals surface area contributed by atoms with E-state index in [4.69, 9.17) is 11.6 Å². The maximum Gasteiger partial charge on any atom is 0.311 e. The van der Waals surface area contributed by atoms with Gasteiger partial charge in [0.15, 0.2) is 0 Å². The normalized spacial score (nSPS) is 9.77. The lowest BCUT2D eigenvalue weighted by Crippen LogP contribution is -2.06. The van der Waals surface area contributed by atoms with E-state index < -0.39 is 0 Å². The molecule has 1 aromatic heterocycles. The predicted molar refractivity (Wildman–Crippen MR) is 52.7 cm³/mol. The van der Waals surface area contributed by atoms with Gasteiger partial charge in [0.25, 0.3) is 0 Å². The molecule has 0 fully saturated rings. The summed E-state index contributed by atoms with van der Waals surface area (Å²) in [5, 5.41) is 0.363. The third kappa shape index (κ3) is 2.97. The van der Waals surface area contributed by atoms with Crippen molar-refractivity contribution in [1.82, 2.24) is 4.98 Å². The Morgan fingerprint density at radius 3 is 3.00 bits per heavy atom. The van der Waals surface area contributed by atoms with Gasteiger partial charge in [-0.05, 0) is 28.1 Å². The van der Waals surface area contributed by atoms with Crippen LogP contribution in [0.4, 0.5) is 0 Å². The maximum absolute atomic E-state index is 10.9. The molecule has 0 bridgehead atoms. The van der Waals surface area contributed by atoms with Crippen molar-refractivity contribution < 1.29 is 9.53 Å². The van der Waals surface area contributed by atoms with Crippen molar-refractivity contribution in [3.8, 4) is 0 Å². The lowest BCUT2D eigenvalue weighted by molar-refractivity contribution is -0.139. The average Bonchev–Trinajstić information content (AvgIpc) is 2.11. The molecule has 13 heavy (non-hydrogen) atoms. The Bertz CT molecular complexity index is 330. The van der Waals surface area contributed by atoms with Gasteiger partial charge in [-0.2, -0.15) is 0 Å². The van der Waals surface area contributed by atoms with Gasteiger partial charge in [-0.15, -0.1) is 0 Å². The van der Waals surface area contributed by atoms with Crippen molar-refractivity contribution in [2.45, 2.75) is 6.42 Å². The van der Waals surface area contributed by atoms with E-state index in [1.807, 2.05) is 0 Å². The van der Waals surface area contributed by atoms with Crippen LogP contribution in [0.15, 0.2) is 16.6 Å². The van der Waals surface area contributed by atoms with Crippen LogP contribution in [0.3, 0.4) is 0 Å². The minimum Gasteiger partial charge on any atom is -0.469 e. The van der Waals surface area contributed by atoms with Crippen molar-refractivity contribution in [1.29, 1.82) is 0 Å². The zero-order valence-corrected chi connectivity index (χ0v) is 9.22. The standard InChI is InChI=1S/C8H7BrClNO2/c1-13-8(12)4-6-5(9)2-3-7(10)11-6/h2-3H,4H2,1H3. The molecule has 0 N–H and O–H groups in total. The monoisotopic (exact) mass is 263 g/mol. The number of nitrogens with zero attached hydrogens (tertiary/aromatic N) is 1. The van der Waals surface area contributed by atoms with Gasteiger partial charge in [0.1, 0.15) is 5.15 Å². The van der Waals surface area contributed by atoms with E-state index in [1.54, 1.807) is 12.1 Å². The molecule has 0 atom stereocenters. The predicted octanol–water partition coefficient (Wildman–Crippen LogP) is 2.21. The van der Waals surface area contributed by atoms with Crippen molar-refractivity contribution in [3.63, 3.8) is 0 Å². The second kappa shape index (κ2) is 4.58. The summed E-state index contributed by atoms with van der Waals surface area (Å²) in [6, 6.07) is 3.39. The van der Waals surface area contributed by atoms with Crippen LogP contribution in [-0.2, 0) is 16.0 Å². The van der Waals surface area contributed by atoms with Crippen molar-refractivity contribution in [2.75, 3.05) is 7.11 Å². The first kappa shape index (κ1) is 10.5. The summed E-state index contributed by atoms with van der Waals surface area (Å²) in [6.07, 6.45) is 0.123. The number of carbonyl (C=O) groups excluding carboxylic acids is 1. The van der Waals surface area contributed by atoms with Crippen molar-refractivity contribution >= 4 is 33.5 Å². The Labute approximate surface area is 89.2 Å². The van der Waals surface area contributed by atoms with Crippen molar-refractivity contribution in [3.05, 3.63) is 27.5 Å². The third-order valence-electron chi connectivity index (χ3n) is 1.42. The summed E-state index contributed by atoms with van der Waals surface area (Å²) in [7, 11) is 1.33. The number of methoxy groups -OCH3 is 1. The lowest BCUT2D eigenvalue weighted by atomic mass is 10.3. The lowest BCUT2D eigenvalue weighted by Gasteiger charge is -2.02. The molecule has 1 rings (SSSR count). The van der Waals surface area contributed by atoms with Crippen molar-refractivity contribution in [2.24, 2.45) is 0 Å². The third-order valence-corrected chi connectivity index (χ3v) is 2.36. The Morgan fingerprint density at radius 2 is 2.38 bits per heavy atom. The van der Waals surface area contributed by atoms with E-state index in [2.05, 4.69) is 25.7 Å². The molecule has 0 aliphatic carbocycles. The number of ether oxygens (including phenoxy) is 1. The molecular weight excluding hydrogens is 257 g/mol. The molecule has 0 radical (unpaired) electrons. The van der Waals surface area contributed by atoms with E-state index in [9.17, 15) is 4.79 Å². The zero-order valence-electron chi connectivity index (χ0n) is 6.88. The highest BCUT2D eigenvalue weighted by atomic mass is 79.9. The highest BCUT2D eigenvalue weighted by Crippen LogP contribution is 2.18. The van der Waals surface area contributed by atoms with Crippen LogP contribution in [0, 0.1) is 0 Å². The van der Waals surface area contributed by atoms with Gasteiger partial charge in [-0.3, -0.25) is 4.79 Å². The number of esters is 1. The van der Waals surface area contributed by atoms with Gasteiger partial charge in [0.2, 0.25) is 0 Å². The second-order valence-corrected chi connectivity index (χ2v) is 3.56. The number of hydrogen-bond acceptors (Lipinski definition) is 3. The first-order chi connectivity index (χ1) is 6.13. The molecule has 3 nitrogen and oxygen atoms in total. The molecule has 5 heteroatoms. The summed E-state index contributed by atoms with van der Waals surface area (Å²) in [4.78, 5) is 14.9. The van der Waals surface area contributed by atoms with Crippen LogP contribution in [0.1, 0.15) is 5.69 Å². The summed E-state index contributed by atoms with van der Waals surface area (Å²) < 4.78 is 5.26. The minimum atomic E-state index is -0.338. The molecule has 0 saturated carbocycles. The molecule has 0 amide bonds. The number of hydrogen-bond donors (Lipinski definition) is 0. The fourth-order valence-electron chi connectivity index (χ4n) is 0.791. The van der Waals surface area contributed by atoms with Gasteiger partial charge in [-0.1, -0.05) is 11.6 Å². The SMILES string of the molecule is COC(=O)Cc1nc(Cl)ccc1Br. The van der Waals surface area contributed by atoms with Gasteiger partial charge < -0.3 is 4.74 Å². The van der Waals surface area contributed by atoms with Crippen LogP contribution in [0.5, 0.6) is 0 Å². The van der Waals surface area contributed by atoms with Crippen LogP contribution >= 0.6 is 27.5 Å². The fraction of sp³-hybridized carbons (Fsp3) is 0.250. The second-order valence-electron chi connectivity index (χ2n) is 2.32. The first-order valence-electron chi connectivity index (χ1n) is 3.51. The Kier molecular flexibility index (Phi) is 3.69. The Hall–Kier alpha value is -0.610. The van der Waals surface area contributed by atoms with E-state index in [0.29, 0.717) is 10.8 Å². The molecular formula is C8H7BrClNO2. The van der Waals surface area contributed by atoms with Gasteiger partial charge in [0.05, 0.1) is 19.2 Å². The summed E-state index contributed by atoms with van der Waals surface area (Å²) in [5.41, 5.74) is 0.583. The van der Waals surface area contributed by atoms with Gasteiger partial charge in [-0.25, -0.2) is 4.98 Å². The van der Waals surface area contributed by atoms with Crippen LogP contribution in [0.2, 0.25) is 5.15 Å². The van der Waals surface area contributed by atoms with Crippen LogP contribution in [-0.4, -0.2) is 18.1 Å². The van der Waals surface area contributed by atoms with Gasteiger partial charge in [0, 0.05) is 4.47 Å². The smallest absolute Gasteiger partial charge is 0.311 e. The van der Waals surface area contributed by atoms with Crippen LogP contribution in [0.25, 0.3) is 0 Å². The number of pyridine rings is 1. The molecule has 0 spiro atoms. The topological polar surface area (TPSA) is 39.2 Å². The summed E-state index contributed by atoms with van der Waals surface area (Å²) >= 11 is 8.92. The van der Waals surface area contributed by atoms with E-state index in [1.165, 1.54) is 7.11 Å². The van der Waals surface area contributed by atoms with E-state index in [-0.39, 0.29) is 12.4 Å². The molecule has 1 aromatic rings. The number of aromatic nitrogens is 1. The first-order valence-corrected chi connectivity index (χ1v) is 4.68. The summed E-state index contributed by atoms with van der Waals surface area (Å²) in [6.45, 7) is 0. The largest absolute Gasteiger partial charge is 0.469 e. The molecule has 0 unspecified atom stereocenters.